The lowest BCUT2D eigenvalue weighted by atomic mass is 9.97. The standard InChI is InChI=1S/C16H21ClN2O/c1-12(18)15-4-2-3-11-19(15)16(20)10-7-13-5-8-14(17)9-6-13/h5-10,12,15H,2-4,11,18H2,1H3. The smallest absolute Gasteiger partial charge is 0.246 e. The van der Waals surface area contributed by atoms with Crippen LogP contribution >= 0.6 is 11.6 Å². The van der Waals surface area contributed by atoms with Gasteiger partial charge in [-0.3, -0.25) is 4.79 Å². The van der Waals surface area contributed by atoms with Crippen molar-refractivity contribution < 1.29 is 4.79 Å². The molecule has 0 aliphatic carbocycles. The van der Waals surface area contributed by atoms with Gasteiger partial charge < -0.3 is 10.6 Å². The summed E-state index contributed by atoms with van der Waals surface area (Å²) in [7, 11) is 0. The third-order valence-electron chi connectivity index (χ3n) is 3.73. The van der Waals surface area contributed by atoms with Gasteiger partial charge in [0.05, 0.1) is 0 Å². The van der Waals surface area contributed by atoms with E-state index < -0.39 is 0 Å². The zero-order valence-electron chi connectivity index (χ0n) is 11.8. The van der Waals surface area contributed by atoms with Crippen molar-refractivity contribution in [1.29, 1.82) is 0 Å². The number of hydrogen-bond donors (Lipinski definition) is 1. The predicted molar refractivity (Wildman–Crippen MR) is 83.5 cm³/mol. The summed E-state index contributed by atoms with van der Waals surface area (Å²) in [6, 6.07) is 7.60. The number of hydrogen-bond acceptors (Lipinski definition) is 2. The van der Waals surface area contributed by atoms with Gasteiger partial charge in [0.1, 0.15) is 0 Å². The van der Waals surface area contributed by atoms with Crippen LogP contribution in [0.15, 0.2) is 30.3 Å². The van der Waals surface area contributed by atoms with Crippen LogP contribution in [0.25, 0.3) is 6.08 Å². The highest BCUT2D eigenvalue weighted by molar-refractivity contribution is 6.30. The van der Waals surface area contributed by atoms with Gasteiger partial charge in [0, 0.05) is 29.7 Å². The Morgan fingerprint density at radius 1 is 1.40 bits per heavy atom. The van der Waals surface area contributed by atoms with E-state index >= 15 is 0 Å². The van der Waals surface area contributed by atoms with Crippen LogP contribution in [0.3, 0.4) is 0 Å². The van der Waals surface area contributed by atoms with Crippen molar-refractivity contribution in [2.45, 2.75) is 38.3 Å². The van der Waals surface area contributed by atoms with Crippen LogP contribution in [-0.2, 0) is 4.79 Å². The first-order valence-electron chi connectivity index (χ1n) is 7.08. The lowest BCUT2D eigenvalue weighted by molar-refractivity contribution is -0.129. The third kappa shape index (κ3) is 3.84. The van der Waals surface area contributed by atoms with E-state index in [1.54, 1.807) is 6.08 Å². The van der Waals surface area contributed by atoms with Gasteiger partial charge in [-0.15, -0.1) is 0 Å². The average Bonchev–Trinajstić information content (AvgIpc) is 2.46. The fraction of sp³-hybridized carbons (Fsp3) is 0.438. The van der Waals surface area contributed by atoms with Crippen LogP contribution in [0.1, 0.15) is 31.7 Å². The Morgan fingerprint density at radius 2 is 2.10 bits per heavy atom. The number of carbonyl (C=O) groups is 1. The number of rotatable bonds is 3. The largest absolute Gasteiger partial charge is 0.335 e. The summed E-state index contributed by atoms with van der Waals surface area (Å²) in [5.41, 5.74) is 6.96. The topological polar surface area (TPSA) is 46.3 Å². The monoisotopic (exact) mass is 292 g/mol. The Kier molecular flexibility index (Phi) is 5.21. The fourth-order valence-corrected chi connectivity index (χ4v) is 2.74. The van der Waals surface area contributed by atoms with Crippen molar-refractivity contribution in [3.63, 3.8) is 0 Å². The molecule has 2 rings (SSSR count). The molecule has 20 heavy (non-hydrogen) atoms. The molecule has 1 fully saturated rings. The summed E-state index contributed by atoms with van der Waals surface area (Å²) < 4.78 is 0. The Balaban J connectivity index is 2.04. The lowest BCUT2D eigenvalue weighted by Crippen LogP contribution is -2.51. The first kappa shape index (κ1) is 15.1. The maximum absolute atomic E-state index is 12.3. The van der Waals surface area contributed by atoms with Crippen molar-refractivity contribution in [3.8, 4) is 0 Å². The second kappa shape index (κ2) is 6.91. The number of amides is 1. The Labute approximate surface area is 125 Å². The summed E-state index contributed by atoms with van der Waals surface area (Å²) in [6.07, 6.45) is 6.66. The molecule has 3 nitrogen and oxygen atoms in total. The summed E-state index contributed by atoms with van der Waals surface area (Å²) in [5, 5.41) is 0.696. The van der Waals surface area contributed by atoms with E-state index in [4.69, 9.17) is 17.3 Å². The molecule has 1 aliphatic heterocycles. The summed E-state index contributed by atoms with van der Waals surface area (Å²) in [4.78, 5) is 14.2. The van der Waals surface area contributed by atoms with E-state index in [1.807, 2.05) is 42.2 Å². The molecule has 1 amide bonds. The van der Waals surface area contributed by atoms with Gasteiger partial charge in [0.15, 0.2) is 0 Å². The predicted octanol–water partition coefficient (Wildman–Crippen LogP) is 3.08. The number of likely N-dealkylation sites (tertiary alicyclic amines) is 1. The molecule has 1 aromatic rings. The van der Waals surface area contributed by atoms with Crippen LogP contribution in [0.4, 0.5) is 0 Å². The number of piperidine rings is 1. The maximum atomic E-state index is 12.3. The fourth-order valence-electron chi connectivity index (χ4n) is 2.61. The zero-order chi connectivity index (χ0) is 14.5. The second-order valence-corrected chi connectivity index (χ2v) is 5.78. The van der Waals surface area contributed by atoms with Crippen molar-refractivity contribution in [2.24, 2.45) is 5.73 Å². The van der Waals surface area contributed by atoms with Gasteiger partial charge >= 0.3 is 0 Å². The number of benzene rings is 1. The van der Waals surface area contributed by atoms with E-state index in [0.29, 0.717) is 5.02 Å². The maximum Gasteiger partial charge on any atom is 0.246 e. The van der Waals surface area contributed by atoms with Crippen molar-refractivity contribution in [1.82, 2.24) is 4.90 Å². The minimum atomic E-state index is 0.0168. The lowest BCUT2D eigenvalue weighted by Gasteiger charge is -2.37. The van der Waals surface area contributed by atoms with Crippen molar-refractivity contribution in [2.75, 3.05) is 6.54 Å². The van der Waals surface area contributed by atoms with E-state index in [9.17, 15) is 4.79 Å². The molecule has 0 saturated carbocycles. The first-order valence-corrected chi connectivity index (χ1v) is 7.45. The average molecular weight is 293 g/mol. The molecule has 2 N–H and O–H groups in total. The molecule has 0 aromatic heterocycles. The Hall–Kier alpha value is -1.32. The van der Waals surface area contributed by atoms with Gasteiger partial charge in [-0.2, -0.15) is 0 Å². The number of nitrogens with zero attached hydrogens (tertiary/aromatic N) is 1. The van der Waals surface area contributed by atoms with Crippen LogP contribution in [0.5, 0.6) is 0 Å². The molecule has 2 unspecified atom stereocenters. The van der Waals surface area contributed by atoms with E-state index in [2.05, 4.69) is 0 Å². The minimum absolute atomic E-state index is 0.0168. The molecule has 0 bridgehead atoms. The quantitative estimate of drug-likeness (QED) is 0.870. The zero-order valence-corrected chi connectivity index (χ0v) is 12.5. The SMILES string of the molecule is CC(N)C1CCCCN1C(=O)C=Cc1ccc(Cl)cc1. The van der Waals surface area contributed by atoms with Crippen molar-refractivity contribution in [3.05, 3.63) is 40.9 Å². The van der Waals surface area contributed by atoms with E-state index in [0.717, 1.165) is 31.4 Å². The highest BCUT2D eigenvalue weighted by Crippen LogP contribution is 2.20. The molecule has 108 valence electrons. The highest BCUT2D eigenvalue weighted by atomic mass is 35.5. The van der Waals surface area contributed by atoms with Gasteiger partial charge in [0.25, 0.3) is 0 Å². The van der Waals surface area contributed by atoms with Gasteiger partial charge in [-0.25, -0.2) is 0 Å². The van der Waals surface area contributed by atoms with E-state index in [1.165, 1.54) is 0 Å². The molecular formula is C16H21ClN2O. The molecule has 2 atom stereocenters. The molecule has 1 aromatic carbocycles. The molecule has 1 heterocycles. The first-order chi connectivity index (χ1) is 9.58. The van der Waals surface area contributed by atoms with Crippen LogP contribution in [-0.4, -0.2) is 29.4 Å². The molecule has 4 heteroatoms. The third-order valence-corrected chi connectivity index (χ3v) is 3.98. The van der Waals surface area contributed by atoms with Crippen LogP contribution < -0.4 is 5.73 Å². The van der Waals surface area contributed by atoms with Gasteiger partial charge in [-0.05, 0) is 50.0 Å². The molecule has 1 saturated heterocycles. The summed E-state index contributed by atoms with van der Waals surface area (Å²) in [5.74, 6) is 0.0435. The highest BCUT2D eigenvalue weighted by Gasteiger charge is 2.27. The number of nitrogens with two attached hydrogens (primary N) is 1. The van der Waals surface area contributed by atoms with Crippen LogP contribution in [0, 0.1) is 0 Å². The Morgan fingerprint density at radius 3 is 2.75 bits per heavy atom. The molecular weight excluding hydrogens is 272 g/mol. The van der Waals surface area contributed by atoms with Gasteiger partial charge in [-0.1, -0.05) is 23.7 Å². The molecule has 0 spiro atoms. The molecule has 1 aliphatic rings. The normalized spacial score (nSPS) is 21.1. The summed E-state index contributed by atoms with van der Waals surface area (Å²) >= 11 is 5.84. The van der Waals surface area contributed by atoms with Crippen LogP contribution in [0.2, 0.25) is 5.02 Å². The Bertz CT molecular complexity index is 482. The number of halogens is 1. The molecule has 0 radical (unpaired) electrons. The summed E-state index contributed by atoms with van der Waals surface area (Å²) in [6.45, 7) is 2.77. The number of carbonyl (C=O) groups excluding carboxylic acids is 1. The van der Waals surface area contributed by atoms with E-state index in [-0.39, 0.29) is 18.0 Å². The minimum Gasteiger partial charge on any atom is -0.335 e. The van der Waals surface area contributed by atoms with Crippen molar-refractivity contribution >= 4 is 23.6 Å². The van der Waals surface area contributed by atoms with Gasteiger partial charge in [0.2, 0.25) is 5.91 Å². The second-order valence-electron chi connectivity index (χ2n) is 5.34.